The highest BCUT2D eigenvalue weighted by molar-refractivity contribution is 5.61. The van der Waals surface area contributed by atoms with Gasteiger partial charge in [0.15, 0.2) is 0 Å². The van der Waals surface area contributed by atoms with Gasteiger partial charge in [-0.05, 0) is 56.5 Å². The van der Waals surface area contributed by atoms with Crippen molar-refractivity contribution in [2.24, 2.45) is 5.41 Å². The maximum atomic E-state index is 4.37. The van der Waals surface area contributed by atoms with Crippen LogP contribution in [0.3, 0.4) is 0 Å². The van der Waals surface area contributed by atoms with Gasteiger partial charge in [-0.3, -0.25) is 0 Å². The molecule has 2 aromatic rings. The summed E-state index contributed by atoms with van der Waals surface area (Å²) in [5.74, 6) is 0.786. The summed E-state index contributed by atoms with van der Waals surface area (Å²) in [5, 5.41) is 12.0. The van der Waals surface area contributed by atoms with E-state index >= 15 is 0 Å². The molecule has 1 aromatic carbocycles. The lowest BCUT2D eigenvalue weighted by Crippen LogP contribution is -2.24. The lowest BCUT2D eigenvalue weighted by Gasteiger charge is -2.25. The molecular formula is C22H29N3. The van der Waals surface area contributed by atoms with Crippen LogP contribution in [-0.4, -0.2) is 16.7 Å². The summed E-state index contributed by atoms with van der Waals surface area (Å²) in [7, 11) is 0. The second kappa shape index (κ2) is 7.64. The molecule has 0 saturated heterocycles. The summed E-state index contributed by atoms with van der Waals surface area (Å²) in [6.45, 7) is 19.4. The number of benzene rings is 1. The monoisotopic (exact) mass is 335 g/mol. The van der Waals surface area contributed by atoms with Crippen molar-refractivity contribution in [3.05, 3.63) is 65.8 Å². The summed E-state index contributed by atoms with van der Waals surface area (Å²) in [5.41, 5.74) is 6.88. The quantitative estimate of drug-likeness (QED) is 0.671. The van der Waals surface area contributed by atoms with Crippen LogP contribution in [0.25, 0.3) is 11.3 Å². The van der Waals surface area contributed by atoms with Crippen LogP contribution in [0.4, 0.5) is 5.82 Å². The molecule has 0 fully saturated rings. The van der Waals surface area contributed by atoms with Crippen LogP contribution in [-0.2, 0) is 6.42 Å². The van der Waals surface area contributed by atoms with Gasteiger partial charge >= 0.3 is 0 Å². The minimum atomic E-state index is 0.0244. The van der Waals surface area contributed by atoms with Gasteiger partial charge in [0.25, 0.3) is 0 Å². The van der Waals surface area contributed by atoms with Gasteiger partial charge in [0.05, 0.1) is 5.69 Å². The van der Waals surface area contributed by atoms with E-state index in [1.807, 2.05) is 12.1 Å². The highest BCUT2D eigenvalue weighted by Crippen LogP contribution is 2.25. The van der Waals surface area contributed by atoms with Crippen molar-refractivity contribution in [3.8, 4) is 11.3 Å². The fourth-order valence-corrected chi connectivity index (χ4v) is 2.42. The second-order valence-electron chi connectivity index (χ2n) is 7.60. The molecule has 3 nitrogen and oxygen atoms in total. The Kier molecular flexibility index (Phi) is 5.78. The van der Waals surface area contributed by atoms with Gasteiger partial charge in [0.2, 0.25) is 0 Å². The fourth-order valence-electron chi connectivity index (χ4n) is 2.42. The topological polar surface area (TPSA) is 37.8 Å². The maximum absolute atomic E-state index is 4.37. The summed E-state index contributed by atoms with van der Waals surface area (Å²) >= 11 is 0. The third-order valence-electron chi connectivity index (χ3n) is 4.66. The molecule has 1 heterocycles. The number of anilines is 1. The van der Waals surface area contributed by atoms with Crippen molar-refractivity contribution in [1.82, 2.24) is 10.2 Å². The molecule has 0 bridgehead atoms. The van der Waals surface area contributed by atoms with E-state index in [9.17, 15) is 0 Å². The summed E-state index contributed by atoms with van der Waals surface area (Å²) < 4.78 is 0. The highest BCUT2D eigenvalue weighted by Gasteiger charge is 2.18. The van der Waals surface area contributed by atoms with E-state index in [0.29, 0.717) is 0 Å². The van der Waals surface area contributed by atoms with Crippen molar-refractivity contribution in [3.63, 3.8) is 0 Å². The first kappa shape index (κ1) is 18.9. The lowest BCUT2D eigenvalue weighted by atomic mass is 9.86. The van der Waals surface area contributed by atoms with E-state index < -0.39 is 0 Å². The summed E-state index contributed by atoms with van der Waals surface area (Å²) in [4.78, 5) is 0. The number of aryl methyl sites for hydroxylation is 1. The third kappa shape index (κ3) is 5.02. The van der Waals surface area contributed by atoms with E-state index in [1.165, 1.54) is 16.7 Å². The van der Waals surface area contributed by atoms with Gasteiger partial charge in [-0.25, -0.2) is 0 Å². The van der Waals surface area contributed by atoms with Crippen molar-refractivity contribution >= 4 is 5.82 Å². The molecule has 0 aliphatic rings. The van der Waals surface area contributed by atoms with Crippen LogP contribution in [0.15, 0.2) is 54.6 Å². The molecule has 1 N–H and O–H groups in total. The number of nitrogens with zero attached hydrogens (tertiary/aromatic N) is 2. The van der Waals surface area contributed by atoms with Gasteiger partial charge in [0.1, 0.15) is 5.82 Å². The van der Waals surface area contributed by atoms with Crippen molar-refractivity contribution in [2.45, 2.75) is 41.0 Å². The molecule has 0 saturated carbocycles. The molecule has 0 aliphatic heterocycles. The molecule has 0 unspecified atom stereocenters. The minimum Gasteiger partial charge on any atom is -0.368 e. The zero-order chi connectivity index (χ0) is 18.6. The Morgan fingerprint density at radius 2 is 1.80 bits per heavy atom. The van der Waals surface area contributed by atoms with Gasteiger partial charge < -0.3 is 5.32 Å². The minimum absolute atomic E-state index is 0.0244. The van der Waals surface area contributed by atoms with E-state index in [1.54, 1.807) is 0 Å². The number of nitrogens with one attached hydrogen (secondary N) is 1. The molecule has 0 amide bonds. The number of hydrogen-bond donors (Lipinski definition) is 1. The van der Waals surface area contributed by atoms with Crippen molar-refractivity contribution in [1.29, 1.82) is 0 Å². The van der Waals surface area contributed by atoms with E-state index in [4.69, 9.17) is 0 Å². The van der Waals surface area contributed by atoms with Gasteiger partial charge in [0, 0.05) is 17.5 Å². The van der Waals surface area contributed by atoms with Gasteiger partial charge in [-0.1, -0.05) is 50.3 Å². The van der Waals surface area contributed by atoms with Crippen LogP contribution in [0.1, 0.15) is 38.8 Å². The van der Waals surface area contributed by atoms with Crippen molar-refractivity contribution < 1.29 is 0 Å². The SMILES string of the molecule is C=C(C)Cc1ccc(-c2ccc(NCC(C)(C)C(=C)C)nn2)cc1C. The average Bonchev–Trinajstić information content (AvgIpc) is 2.55. The molecule has 0 aliphatic carbocycles. The zero-order valence-corrected chi connectivity index (χ0v) is 16.1. The number of rotatable bonds is 7. The number of aromatic nitrogens is 2. The zero-order valence-electron chi connectivity index (χ0n) is 16.1. The standard InChI is InChI=1S/C22H29N3/c1-15(2)12-18-8-9-19(13-17(18)5)20-10-11-21(25-24-20)23-14-22(6,7)16(3)4/h8-11,13H,1,3,12,14H2,2,4-7H3,(H,23,25). The third-order valence-corrected chi connectivity index (χ3v) is 4.66. The molecule has 1 aromatic heterocycles. The normalized spacial score (nSPS) is 11.2. The van der Waals surface area contributed by atoms with Crippen LogP contribution >= 0.6 is 0 Å². The fraction of sp³-hybridized carbons (Fsp3) is 0.364. The molecule has 0 spiro atoms. The van der Waals surface area contributed by atoms with Crippen molar-refractivity contribution in [2.75, 3.05) is 11.9 Å². The first-order valence-corrected chi connectivity index (χ1v) is 8.67. The smallest absolute Gasteiger partial charge is 0.148 e. The Labute approximate surface area is 151 Å². The Hall–Kier alpha value is -2.42. The number of allylic oxidation sites excluding steroid dienone is 1. The highest BCUT2D eigenvalue weighted by atomic mass is 15.2. The molecule has 3 heteroatoms. The molecule has 132 valence electrons. The molecule has 0 radical (unpaired) electrons. The molecular weight excluding hydrogens is 306 g/mol. The van der Waals surface area contributed by atoms with E-state index in [-0.39, 0.29) is 5.41 Å². The molecule has 25 heavy (non-hydrogen) atoms. The molecule has 2 rings (SSSR count). The van der Waals surface area contributed by atoms with Crippen LogP contribution in [0.5, 0.6) is 0 Å². The largest absolute Gasteiger partial charge is 0.368 e. The second-order valence-corrected chi connectivity index (χ2v) is 7.60. The molecule has 0 atom stereocenters. The maximum Gasteiger partial charge on any atom is 0.148 e. The Bertz CT molecular complexity index is 770. The Morgan fingerprint density at radius 1 is 1.08 bits per heavy atom. The summed E-state index contributed by atoms with van der Waals surface area (Å²) in [6, 6.07) is 10.4. The predicted molar refractivity (Wildman–Crippen MR) is 108 cm³/mol. The predicted octanol–water partition coefficient (Wildman–Crippen LogP) is 5.58. The van der Waals surface area contributed by atoms with Crippen LogP contribution in [0.2, 0.25) is 0 Å². The number of hydrogen-bond acceptors (Lipinski definition) is 3. The van der Waals surface area contributed by atoms with E-state index in [2.05, 4.69) is 81.5 Å². The summed E-state index contributed by atoms with van der Waals surface area (Å²) in [6.07, 6.45) is 0.916. The Balaban J connectivity index is 2.11. The first-order chi connectivity index (χ1) is 11.7. The Morgan fingerprint density at radius 3 is 2.32 bits per heavy atom. The van der Waals surface area contributed by atoms with Crippen LogP contribution in [0, 0.1) is 12.3 Å². The average molecular weight is 335 g/mol. The van der Waals surface area contributed by atoms with Gasteiger partial charge in [-0.15, -0.1) is 10.2 Å². The van der Waals surface area contributed by atoms with Crippen LogP contribution < -0.4 is 5.32 Å². The lowest BCUT2D eigenvalue weighted by molar-refractivity contribution is 0.477. The van der Waals surface area contributed by atoms with Gasteiger partial charge in [-0.2, -0.15) is 0 Å². The van der Waals surface area contributed by atoms with E-state index in [0.717, 1.165) is 35.6 Å². The first-order valence-electron chi connectivity index (χ1n) is 8.67.